The van der Waals surface area contributed by atoms with E-state index in [-0.39, 0.29) is 23.1 Å². The van der Waals surface area contributed by atoms with E-state index >= 15 is 0 Å². The van der Waals surface area contributed by atoms with Crippen molar-refractivity contribution in [3.63, 3.8) is 0 Å². The zero-order valence-electron chi connectivity index (χ0n) is 15.5. The molecule has 3 rings (SSSR count). The van der Waals surface area contributed by atoms with Crippen molar-refractivity contribution in [3.05, 3.63) is 53.2 Å². The number of aryl methyl sites for hydroxylation is 2. The Balaban J connectivity index is 1.78. The standard InChI is InChI=1S/C19H20N4O4/c1-10-7-11(2)9-13(8-10)19-23-22-18(27-19)12(3)21-17(25)15-16(24)14(26-4)5-6-20-15/h5-9,12,24H,1-4H3,(H,21,25)/t12-/m0/s1. The van der Waals surface area contributed by atoms with Gasteiger partial charge in [0.05, 0.1) is 7.11 Å². The molecular formula is C19H20N4O4. The number of nitrogens with one attached hydrogen (secondary N) is 1. The van der Waals surface area contributed by atoms with Crippen LogP contribution >= 0.6 is 0 Å². The topological polar surface area (TPSA) is 110 Å². The van der Waals surface area contributed by atoms with Crippen molar-refractivity contribution in [2.75, 3.05) is 7.11 Å². The summed E-state index contributed by atoms with van der Waals surface area (Å²) < 4.78 is 10.7. The second-order valence-electron chi connectivity index (χ2n) is 6.23. The van der Waals surface area contributed by atoms with Crippen LogP contribution in [0, 0.1) is 13.8 Å². The Morgan fingerprint density at radius 3 is 2.59 bits per heavy atom. The second kappa shape index (κ2) is 7.45. The molecule has 8 heteroatoms. The molecule has 1 aromatic carbocycles. The summed E-state index contributed by atoms with van der Waals surface area (Å²) in [7, 11) is 1.40. The minimum atomic E-state index is -0.579. The van der Waals surface area contributed by atoms with Crippen molar-refractivity contribution in [1.82, 2.24) is 20.5 Å². The highest BCUT2D eigenvalue weighted by atomic mass is 16.5. The normalized spacial score (nSPS) is 11.9. The SMILES string of the molecule is COc1ccnc(C(=O)N[C@@H](C)c2nnc(-c3cc(C)cc(C)c3)o2)c1O. The minimum absolute atomic E-state index is 0.143. The number of aromatic hydroxyl groups is 1. The molecule has 0 saturated heterocycles. The Kier molecular flexibility index (Phi) is 5.07. The van der Waals surface area contributed by atoms with Crippen LogP contribution in [0.3, 0.4) is 0 Å². The summed E-state index contributed by atoms with van der Waals surface area (Å²) in [6.07, 6.45) is 1.38. The van der Waals surface area contributed by atoms with Crippen LogP contribution in [0.25, 0.3) is 11.5 Å². The number of rotatable bonds is 5. The van der Waals surface area contributed by atoms with E-state index in [1.54, 1.807) is 6.92 Å². The van der Waals surface area contributed by atoms with Crippen LogP contribution in [0.15, 0.2) is 34.9 Å². The predicted molar refractivity (Wildman–Crippen MR) is 97.5 cm³/mol. The molecule has 140 valence electrons. The monoisotopic (exact) mass is 368 g/mol. The Labute approximate surface area is 156 Å². The number of amides is 1. The molecule has 0 unspecified atom stereocenters. The number of carbonyl (C=O) groups excluding carboxylic acids is 1. The fraction of sp³-hybridized carbons (Fsp3) is 0.263. The third-order valence-corrected chi connectivity index (χ3v) is 3.95. The highest BCUT2D eigenvalue weighted by molar-refractivity contribution is 5.95. The number of nitrogens with zero attached hydrogens (tertiary/aromatic N) is 3. The number of aromatic nitrogens is 3. The van der Waals surface area contributed by atoms with E-state index in [2.05, 4.69) is 26.6 Å². The van der Waals surface area contributed by atoms with Crippen LogP contribution < -0.4 is 10.1 Å². The summed E-state index contributed by atoms with van der Waals surface area (Å²) in [5, 5.41) is 20.8. The summed E-state index contributed by atoms with van der Waals surface area (Å²) >= 11 is 0. The highest BCUT2D eigenvalue weighted by Crippen LogP contribution is 2.28. The van der Waals surface area contributed by atoms with E-state index in [1.165, 1.54) is 19.4 Å². The molecule has 8 nitrogen and oxygen atoms in total. The van der Waals surface area contributed by atoms with Crippen LogP contribution in [0.2, 0.25) is 0 Å². The number of hydrogen-bond acceptors (Lipinski definition) is 7. The molecule has 2 aromatic heterocycles. The molecule has 1 amide bonds. The minimum Gasteiger partial charge on any atom is -0.503 e. The second-order valence-corrected chi connectivity index (χ2v) is 6.23. The average molecular weight is 368 g/mol. The van der Waals surface area contributed by atoms with Gasteiger partial charge in [-0.15, -0.1) is 10.2 Å². The first-order chi connectivity index (χ1) is 12.9. The third-order valence-electron chi connectivity index (χ3n) is 3.95. The molecule has 3 aromatic rings. The number of pyridine rings is 1. The van der Waals surface area contributed by atoms with Gasteiger partial charge in [-0.05, 0) is 32.9 Å². The molecule has 0 saturated carbocycles. The number of methoxy groups -OCH3 is 1. The van der Waals surface area contributed by atoms with Gasteiger partial charge < -0.3 is 19.6 Å². The van der Waals surface area contributed by atoms with Gasteiger partial charge >= 0.3 is 0 Å². The van der Waals surface area contributed by atoms with Gasteiger partial charge in [-0.2, -0.15) is 0 Å². The molecule has 0 bridgehead atoms. The summed E-state index contributed by atoms with van der Waals surface area (Å²) in [4.78, 5) is 16.3. The lowest BCUT2D eigenvalue weighted by Gasteiger charge is -2.11. The lowest BCUT2D eigenvalue weighted by atomic mass is 10.1. The summed E-state index contributed by atoms with van der Waals surface area (Å²) in [5.41, 5.74) is 2.85. The van der Waals surface area contributed by atoms with Crippen molar-refractivity contribution in [3.8, 4) is 23.0 Å². The van der Waals surface area contributed by atoms with E-state index in [9.17, 15) is 9.90 Å². The first-order valence-electron chi connectivity index (χ1n) is 8.34. The van der Waals surface area contributed by atoms with Gasteiger partial charge in [0.25, 0.3) is 5.91 Å². The van der Waals surface area contributed by atoms with Gasteiger partial charge in [0, 0.05) is 17.8 Å². The largest absolute Gasteiger partial charge is 0.503 e. The van der Waals surface area contributed by atoms with E-state index < -0.39 is 11.9 Å². The number of ether oxygens (including phenoxy) is 1. The van der Waals surface area contributed by atoms with Crippen LogP contribution in [-0.2, 0) is 0 Å². The molecule has 2 heterocycles. The number of carbonyl (C=O) groups is 1. The van der Waals surface area contributed by atoms with Crippen LogP contribution in [0.5, 0.6) is 11.5 Å². The maximum Gasteiger partial charge on any atom is 0.274 e. The summed E-state index contributed by atoms with van der Waals surface area (Å²) in [6.45, 7) is 5.68. The maximum absolute atomic E-state index is 12.4. The van der Waals surface area contributed by atoms with Gasteiger partial charge in [0.15, 0.2) is 17.2 Å². The predicted octanol–water partition coefficient (Wildman–Crippen LogP) is 2.95. The van der Waals surface area contributed by atoms with Crippen LogP contribution in [-0.4, -0.2) is 33.3 Å². The quantitative estimate of drug-likeness (QED) is 0.712. The van der Waals surface area contributed by atoms with E-state index in [0.29, 0.717) is 5.89 Å². The molecule has 0 aliphatic rings. The smallest absolute Gasteiger partial charge is 0.274 e. The molecular weight excluding hydrogens is 348 g/mol. The first-order valence-corrected chi connectivity index (χ1v) is 8.34. The Morgan fingerprint density at radius 1 is 1.22 bits per heavy atom. The fourth-order valence-electron chi connectivity index (χ4n) is 2.72. The first kappa shape index (κ1) is 18.4. The lowest BCUT2D eigenvalue weighted by molar-refractivity contribution is 0.0925. The summed E-state index contributed by atoms with van der Waals surface area (Å²) in [6, 6.07) is 6.84. The Morgan fingerprint density at radius 2 is 1.93 bits per heavy atom. The zero-order valence-corrected chi connectivity index (χ0v) is 15.5. The molecule has 0 aliphatic heterocycles. The molecule has 0 fully saturated rings. The average Bonchev–Trinajstić information content (AvgIpc) is 3.11. The van der Waals surface area contributed by atoms with Crippen LogP contribution in [0.4, 0.5) is 0 Å². The maximum atomic E-state index is 12.4. The Hall–Kier alpha value is -3.42. The molecule has 0 spiro atoms. The van der Waals surface area contributed by atoms with Gasteiger partial charge in [0.2, 0.25) is 11.8 Å². The molecule has 27 heavy (non-hydrogen) atoms. The van der Waals surface area contributed by atoms with Gasteiger partial charge in [-0.3, -0.25) is 4.79 Å². The van der Waals surface area contributed by atoms with Crippen molar-refractivity contribution in [1.29, 1.82) is 0 Å². The number of hydrogen-bond donors (Lipinski definition) is 2. The Bertz CT molecular complexity index is 963. The molecule has 0 aliphatic carbocycles. The van der Waals surface area contributed by atoms with Crippen molar-refractivity contribution < 1.29 is 19.1 Å². The van der Waals surface area contributed by atoms with Gasteiger partial charge in [-0.1, -0.05) is 17.2 Å². The lowest BCUT2D eigenvalue weighted by Crippen LogP contribution is -2.27. The van der Waals surface area contributed by atoms with E-state index in [4.69, 9.17) is 9.15 Å². The van der Waals surface area contributed by atoms with Gasteiger partial charge in [0.1, 0.15) is 6.04 Å². The van der Waals surface area contributed by atoms with Crippen molar-refractivity contribution in [2.45, 2.75) is 26.8 Å². The van der Waals surface area contributed by atoms with Crippen molar-refractivity contribution in [2.24, 2.45) is 0 Å². The van der Waals surface area contributed by atoms with E-state index in [0.717, 1.165) is 16.7 Å². The fourth-order valence-corrected chi connectivity index (χ4v) is 2.72. The van der Waals surface area contributed by atoms with Crippen LogP contribution in [0.1, 0.15) is 40.5 Å². The highest BCUT2D eigenvalue weighted by Gasteiger charge is 2.22. The molecule has 2 N–H and O–H groups in total. The van der Waals surface area contributed by atoms with E-state index in [1.807, 2.05) is 26.0 Å². The van der Waals surface area contributed by atoms with Crippen molar-refractivity contribution >= 4 is 5.91 Å². The molecule has 0 radical (unpaired) electrons. The zero-order chi connectivity index (χ0) is 19.6. The number of benzene rings is 1. The summed E-state index contributed by atoms with van der Waals surface area (Å²) in [5.74, 6) is -0.117. The van der Waals surface area contributed by atoms with Gasteiger partial charge in [-0.25, -0.2) is 4.98 Å². The molecule has 1 atom stereocenters. The third kappa shape index (κ3) is 3.89.